The second-order valence-electron chi connectivity index (χ2n) is 8.05. The third-order valence-corrected chi connectivity index (χ3v) is 5.38. The highest BCUT2D eigenvalue weighted by Gasteiger charge is 2.14. The molecule has 30 heavy (non-hydrogen) atoms. The molecular weight excluding hydrogens is 364 g/mol. The molecule has 0 saturated heterocycles. The van der Waals surface area contributed by atoms with Gasteiger partial charge in [0, 0.05) is 0 Å². The lowest BCUT2D eigenvalue weighted by Gasteiger charge is -2.21. The number of unbranched alkanes of at least 4 members (excludes halogenated alkanes) is 6. The third-order valence-electron chi connectivity index (χ3n) is 5.38. The predicted octanol–water partition coefficient (Wildman–Crippen LogP) is 8.59. The molecule has 1 aliphatic rings. The molecule has 168 valence electrons. The molecule has 0 heterocycles. The van der Waals surface area contributed by atoms with Crippen molar-refractivity contribution < 1.29 is 5.48 Å². The molecular formula is C29H46O. The molecule has 1 unspecified atom stereocenters. The fourth-order valence-corrected chi connectivity index (χ4v) is 3.89. The van der Waals surface area contributed by atoms with Crippen molar-refractivity contribution in [2.75, 3.05) is 0 Å². The summed E-state index contributed by atoms with van der Waals surface area (Å²) in [4.78, 5) is 0. The maximum atomic E-state index is 2.36. The van der Waals surface area contributed by atoms with Gasteiger partial charge in [0.2, 0.25) is 0 Å². The Kier molecular flexibility index (Phi) is 17.9. The number of hydrogen-bond donors (Lipinski definition) is 0. The Morgan fingerprint density at radius 2 is 1.17 bits per heavy atom. The second kappa shape index (κ2) is 19.1. The molecule has 0 aromatic heterocycles. The highest BCUT2D eigenvalue weighted by Crippen LogP contribution is 2.28. The smallest absolute Gasteiger partial charge is 0.0247 e. The summed E-state index contributed by atoms with van der Waals surface area (Å²) in [5.74, 6) is 0.753. The molecule has 0 amide bonds. The number of hydrogen-bond acceptors (Lipinski definition) is 0. The first-order chi connectivity index (χ1) is 14.3. The molecule has 1 aliphatic carbocycles. The van der Waals surface area contributed by atoms with Crippen LogP contribution in [0.3, 0.4) is 0 Å². The largest absolute Gasteiger partial charge is 0.412 e. The average Bonchev–Trinajstić information content (AvgIpc) is 2.72. The minimum absolute atomic E-state index is 0. The van der Waals surface area contributed by atoms with Gasteiger partial charge in [-0.1, -0.05) is 138 Å². The van der Waals surface area contributed by atoms with Crippen LogP contribution in [0.4, 0.5) is 0 Å². The zero-order valence-electron chi connectivity index (χ0n) is 20.0. The lowest BCUT2D eigenvalue weighted by Crippen LogP contribution is -2.08. The number of allylic oxidation sites excluding steroid dienone is 4. The molecule has 1 heteroatoms. The molecule has 1 aromatic carbocycles. The lowest BCUT2D eigenvalue weighted by molar-refractivity contribution is 0.445. The van der Waals surface area contributed by atoms with Crippen molar-refractivity contribution in [1.82, 2.24) is 0 Å². The van der Waals surface area contributed by atoms with Crippen molar-refractivity contribution in [2.45, 2.75) is 91.9 Å². The van der Waals surface area contributed by atoms with E-state index in [9.17, 15) is 0 Å². The van der Waals surface area contributed by atoms with E-state index in [1.807, 2.05) is 13.8 Å². The van der Waals surface area contributed by atoms with Gasteiger partial charge >= 0.3 is 0 Å². The fraction of sp³-hybridized carbons (Fsp3) is 0.517. The Morgan fingerprint density at radius 3 is 1.70 bits per heavy atom. The third kappa shape index (κ3) is 13.4. The molecule has 0 bridgehead atoms. The minimum Gasteiger partial charge on any atom is -0.412 e. The summed E-state index contributed by atoms with van der Waals surface area (Å²) >= 11 is 0. The quantitative estimate of drug-likeness (QED) is 0.309. The van der Waals surface area contributed by atoms with Gasteiger partial charge in [-0.3, -0.25) is 0 Å². The highest BCUT2D eigenvalue weighted by molar-refractivity contribution is 5.42. The van der Waals surface area contributed by atoms with E-state index in [2.05, 4.69) is 80.6 Å². The van der Waals surface area contributed by atoms with Crippen LogP contribution in [0.15, 0.2) is 77.9 Å². The Morgan fingerprint density at radius 1 is 0.667 bits per heavy atom. The first kappa shape index (κ1) is 28.1. The zero-order valence-corrected chi connectivity index (χ0v) is 20.0. The van der Waals surface area contributed by atoms with E-state index in [-0.39, 0.29) is 5.48 Å². The van der Waals surface area contributed by atoms with Crippen molar-refractivity contribution in [3.8, 4) is 0 Å². The average molecular weight is 411 g/mol. The lowest BCUT2D eigenvalue weighted by atomic mass is 9.84. The van der Waals surface area contributed by atoms with E-state index in [0.29, 0.717) is 0 Å². The maximum Gasteiger partial charge on any atom is -0.0247 e. The summed E-state index contributed by atoms with van der Waals surface area (Å²) in [7, 11) is 0. The van der Waals surface area contributed by atoms with Gasteiger partial charge in [-0.2, -0.15) is 0 Å². The molecule has 2 rings (SSSR count). The topological polar surface area (TPSA) is 31.5 Å². The summed E-state index contributed by atoms with van der Waals surface area (Å²) in [5, 5.41) is 0. The molecule has 0 fully saturated rings. The van der Waals surface area contributed by atoms with Crippen LogP contribution in [0.25, 0.3) is 0 Å². The summed E-state index contributed by atoms with van der Waals surface area (Å²) in [5.41, 5.74) is 4.42. The Labute approximate surface area is 187 Å². The van der Waals surface area contributed by atoms with Crippen LogP contribution < -0.4 is 0 Å². The fourth-order valence-electron chi connectivity index (χ4n) is 3.89. The van der Waals surface area contributed by atoms with Crippen molar-refractivity contribution in [1.29, 1.82) is 0 Å². The SMILES string of the molecule is CC.CCCCCCCCCC(CC1=CC(C)=C1)Cc1ccccccccc1.O. The van der Waals surface area contributed by atoms with Gasteiger partial charge in [0.1, 0.15) is 0 Å². The van der Waals surface area contributed by atoms with Gasteiger partial charge in [-0.05, 0) is 43.2 Å². The van der Waals surface area contributed by atoms with E-state index < -0.39 is 0 Å². The van der Waals surface area contributed by atoms with E-state index in [1.54, 1.807) is 5.57 Å². The zero-order chi connectivity index (χ0) is 21.2. The van der Waals surface area contributed by atoms with Crippen LogP contribution in [0, 0.1) is 5.92 Å². The summed E-state index contributed by atoms with van der Waals surface area (Å²) < 4.78 is 0. The molecule has 2 N–H and O–H groups in total. The Balaban J connectivity index is 0.00000272. The van der Waals surface area contributed by atoms with Gasteiger partial charge in [0.25, 0.3) is 0 Å². The van der Waals surface area contributed by atoms with Gasteiger partial charge in [0.15, 0.2) is 0 Å². The molecule has 0 spiro atoms. The minimum atomic E-state index is 0. The van der Waals surface area contributed by atoms with Gasteiger partial charge in [0.05, 0.1) is 0 Å². The molecule has 1 atom stereocenters. The monoisotopic (exact) mass is 410 g/mol. The van der Waals surface area contributed by atoms with E-state index in [0.717, 1.165) is 5.92 Å². The van der Waals surface area contributed by atoms with Crippen molar-refractivity contribution in [3.63, 3.8) is 0 Å². The van der Waals surface area contributed by atoms with Crippen LogP contribution in [0.1, 0.15) is 91.0 Å². The molecule has 0 saturated carbocycles. The van der Waals surface area contributed by atoms with Crippen LogP contribution >= 0.6 is 0 Å². The van der Waals surface area contributed by atoms with Crippen LogP contribution in [-0.2, 0) is 6.42 Å². The molecule has 1 nitrogen and oxygen atoms in total. The van der Waals surface area contributed by atoms with Crippen molar-refractivity contribution >= 4 is 0 Å². The van der Waals surface area contributed by atoms with Gasteiger partial charge < -0.3 is 5.48 Å². The van der Waals surface area contributed by atoms with Gasteiger partial charge in [-0.15, -0.1) is 0 Å². The molecule has 0 aliphatic heterocycles. The summed E-state index contributed by atoms with van der Waals surface area (Å²) in [6.07, 6.45) is 18.3. The van der Waals surface area contributed by atoms with Crippen LogP contribution in [0.5, 0.6) is 0 Å². The molecule has 0 radical (unpaired) electrons. The highest BCUT2D eigenvalue weighted by atomic mass is 16.0. The van der Waals surface area contributed by atoms with E-state index in [1.165, 1.54) is 75.3 Å². The van der Waals surface area contributed by atoms with Crippen molar-refractivity contribution in [3.05, 3.63) is 83.5 Å². The van der Waals surface area contributed by atoms with E-state index >= 15 is 0 Å². The van der Waals surface area contributed by atoms with Crippen molar-refractivity contribution in [2.24, 2.45) is 5.92 Å². The van der Waals surface area contributed by atoms with E-state index in [4.69, 9.17) is 0 Å². The van der Waals surface area contributed by atoms with Gasteiger partial charge in [-0.25, -0.2) is 0 Å². The first-order valence-corrected chi connectivity index (χ1v) is 12.0. The molecule has 1 aromatic rings. The second-order valence-corrected chi connectivity index (χ2v) is 8.05. The summed E-state index contributed by atoms with van der Waals surface area (Å²) in [6.45, 7) is 8.49. The Hall–Kier alpha value is -1.86. The predicted molar refractivity (Wildman–Crippen MR) is 135 cm³/mol. The standard InChI is InChI=1S/C27H38.C2H6.H2O/c1-3-4-5-6-8-13-16-19-26(23-27-20-24(2)21-27)22-25-17-14-11-9-7-10-12-15-18-25;1-2;/h7,9-12,14-15,17-18,20-21,26H,3-6,8,13,16,19,22-23H2,1-2H3;1-2H3;1H2. The van der Waals surface area contributed by atoms with Crippen LogP contribution in [-0.4, -0.2) is 5.48 Å². The maximum absolute atomic E-state index is 2.36. The Bertz CT molecular complexity index is 630. The summed E-state index contributed by atoms with van der Waals surface area (Å²) in [6, 6.07) is 19.4. The normalized spacial score (nSPS) is 12.7. The first-order valence-electron chi connectivity index (χ1n) is 12.0. The number of rotatable bonds is 12. The van der Waals surface area contributed by atoms with Crippen LogP contribution in [0.2, 0.25) is 0 Å².